The maximum Gasteiger partial charge on any atom is 0.237 e. The second-order valence-corrected chi connectivity index (χ2v) is 5.46. The molecule has 1 aromatic heterocycles. The first-order valence-corrected chi connectivity index (χ1v) is 7.09. The molecule has 0 fully saturated rings. The zero-order valence-corrected chi connectivity index (χ0v) is 13.6. The van der Waals surface area contributed by atoms with Crippen LogP contribution < -0.4 is 11.1 Å². The van der Waals surface area contributed by atoms with Gasteiger partial charge in [-0.05, 0) is 24.5 Å². The van der Waals surface area contributed by atoms with E-state index in [0.29, 0.717) is 30.5 Å². The number of nitrogens with one attached hydrogen (secondary N) is 1. The van der Waals surface area contributed by atoms with E-state index in [4.69, 9.17) is 10.2 Å². The van der Waals surface area contributed by atoms with Crippen molar-refractivity contribution in [2.75, 3.05) is 0 Å². The molecule has 2 rings (SSSR count). The Balaban J connectivity index is 0.00000242. The maximum atomic E-state index is 11.8. The van der Waals surface area contributed by atoms with Gasteiger partial charge >= 0.3 is 0 Å². The van der Waals surface area contributed by atoms with Crippen LogP contribution in [0.5, 0.6) is 0 Å². The van der Waals surface area contributed by atoms with Crippen molar-refractivity contribution in [3.05, 3.63) is 42.3 Å². The highest BCUT2D eigenvalue weighted by Crippen LogP contribution is 2.17. The number of aromatic nitrogens is 1. The van der Waals surface area contributed by atoms with Crippen molar-refractivity contribution in [2.45, 2.75) is 32.9 Å². The van der Waals surface area contributed by atoms with Gasteiger partial charge < -0.3 is 15.5 Å². The van der Waals surface area contributed by atoms with Gasteiger partial charge in [0.1, 0.15) is 6.26 Å². The number of hydrogen-bond donors (Lipinski definition) is 2. The second kappa shape index (κ2) is 8.56. The molecule has 1 amide bonds. The SMILES string of the molecule is CC(C)C[C@H](N)C(=O)NCc1coc(-c2ccccc2)n1.Cl. The van der Waals surface area contributed by atoms with Crippen LogP contribution in [-0.2, 0) is 11.3 Å². The van der Waals surface area contributed by atoms with Crippen LogP contribution in [0.25, 0.3) is 11.5 Å². The molecule has 1 aromatic carbocycles. The number of carbonyl (C=O) groups is 1. The van der Waals surface area contributed by atoms with Gasteiger partial charge in [-0.2, -0.15) is 0 Å². The summed E-state index contributed by atoms with van der Waals surface area (Å²) in [5, 5.41) is 2.78. The second-order valence-electron chi connectivity index (χ2n) is 5.46. The molecule has 0 radical (unpaired) electrons. The van der Waals surface area contributed by atoms with Crippen molar-refractivity contribution in [1.29, 1.82) is 0 Å². The van der Waals surface area contributed by atoms with E-state index in [2.05, 4.69) is 10.3 Å². The molecule has 22 heavy (non-hydrogen) atoms. The maximum absolute atomic E-state index is 11.8. The third kappa shape index (κ3) is 5.16. The first-order valence-electron chi connectivity index (χ1n) is 7.09. The number of nitrogens with two attached hydrogens (primary N) is 1. The Kier molecular flexibility index (Phi) is 7.08. The van der Waals surface area contributed by atoms with E-state index in [1.165, 1.54) is 0 Å². The number of benzene rings is 1. The van der Waals surface area contributed by atoms with Crippen molar-refractivity contribution in [3.8, 4) is 11.5 Å². The molecule has 6 heteroatoms. The number of carbonyl (C=O) groups excluding carboxylic acids is 1. The molecular weight excluding hydrogens is 302 g/mol. The van der Waals surface area contributed by atoms with Crippen LogP contribution in [0.2, 0.25) is 0 Å². The molecular formula is C16H22ClN3O2. The molecule has 1 atom stereocenters. The topological polar surface area (TPSA) is 81.2 Å². The predicted octanol–water partition coefficient (Wildman–Crippen LogP) is 2.75. The van der Waals surface area contributed by atoms with E-state index in [0.717, 1.165) is 5.56 Å². The van der Waals surface area contributed by atoms with E-state index >= 15 is 0 Å². The summed E-state index contributed by atoms with van der Waals surface area (Å²) in [6.07, 6.45) is 2.22. The highest BCUT2D eigenvalue weighted by atomic mass is 35.5. The number of rotatable bonds is 6. The lowest BCUT2D eigenvalue weighted by atomic mass is 10.0. The van der Waals surface area contributed by atoms with Crippen LogP contribution in [0.4, 0.5) is 0 Å². The van der Waals surface area contributed by atoms with Crippen molar-refractivity contribution < 1.29 is 9.21 Å². The number of amides is 1. The van der Waals surface area contributed by atoms with E-state index in [-0.39, 0.29) is 18.3 Å². The Morgan fingerprint density at radius 3 is 2.64 bits per heavy atom. The first kappa shape index (κ1) is 18.2. The number of nitrogens with zero attached hydrogens (tertiary/aromatic N) is 1. The van der Waals surface area contributed by atoms with Crippen LogP contribution >= 0.6 is 12.4 Å². The molecule has 2 aromatic rings. The van der Waals surface area contributed by atoms with Crippen LogP contribution in [0.1, 0.15) is 26.0 Å². The first-order chi connectivity index (χ1) is 10.1. The molecule has 0 bridgehead atoms. The highest BCUT2D eigenvalue weighted by Gasteiger charge is 2.15. The monoisotopic (exact) mass is 323 g/mol. The molecule has 0 aliphatic rings. The van der Waals surface area contributed by atoms with Gasteiger partial charge in [0.25, 0.3) is 0 Å². The number of hydrogen-bond acceptors (Lipinski definition) is 4. The fourth-order valence-corrected chi connectivity index (χ4v) is 2.03. The standard InChI is InChI=1S/C16H21N3O2.ClH/c1-11(2)8-14(17)15(20)18-9-13-10-21-16(19-13)12-6-4-3-5-7-12;/h3-7,10-11,14H,8-9,17H2,1-2H3,(H,18,20);1H/t14-;/m0./s1. The van der Waals surface area contributed by atoms with Gasteiger partial charge in [-0.1, -0.05) is 32.0 Å². The fourth-order valence-electron chi connectivity index (χ4n) is 2.03. The molecule has 0 unspecified atom stereocenters. The van der Waals surface area contributed by atoms with Crippen molar-refractivity contribution in [2.24, 2.45) is 11.7 Å². The lowest BCUT2D eigenvalue weighted by Crippen LogP contribution is -2.41. The minimum Gasteiger partial charge on any atom is -0.444 e. The Hall–Kier alpha value is -1.85. The molecule has 5 nitrogen and oxygen atoms in total. The Bertz CT molecular complexity index is 584. The third-order valence-electron chi connectivity index (χ3n) is 3.08. The summed E-state index contributed by atoms with van der Waals surface area (Å²) in [5.74, 6) is 0.779. The minimum absolute atomic E-state index is 0. The Morgan fingerprint density at radius 2 is 2.00 bits per heavy atom. The van der Waals surface area contributed by atoms with Crippen molar-refractivity contribution in [3.63, 3.8) is 0 Å². The van der Waals surface area contributed by atoms with Crippen molar-refractivity contribution >= 4 is 18.3 Å². The zero-order valence-electron chi connectivity index (χ0n) is 12.8. The van der Waals surface area contributed by atoms with Crippen LogP contribution in [-0.4, -0.2) is 16.9 Å². The van der Waals surface area contributed by atoms with Gasteiger partial charge in [-0.15, -0.1) is 12.4 Å². The molecule has 0 spiro atoms. The summed E-state index contributed by atoms with van der Waals surface area (Å²) in [4.78, 5) is 16.2. The average molecular weight is 324 g/mol. The smallest absolute Gasteiger partial charge is 0.237 e. The lowest BCUT2D eigenvalue weighted by Gasteiger charge is -2.13. The van der Waals surface area contributed by atoms with Crippen LogP contribution in [0, 0.1) is 5.92 Å². The molecule has 120 valence electrons. The average Bonchev–Trinajstić information content (AvgIpc) is 2.94. The summed E-state index contributed by atoms with van der Waals surface area (Å²) in [5.41, 5.74) is 7.41. The molecule has 0 saturated heterocycles. The Labute approximate surface area is 136 Å². The largest absolute Gasteiger partial charge is 0.444 e. The van der Waals surface area contributed by atoms with Gasteiger partial charge in [0.2, 0.25) is 11.8 Å². The summed E-state index contributed by atoms with van der Waals surface area (Å²) in [7, 11) is 0. The van der Waals surface area contributed by atoms with E-state index in [1.54, 1.807) is 6.26 Å². The van der Waals surface area contributed by atoms with Gasteiger partial charge in [0, 0.05) is 5.56 Å². The lowest BCUT2D eigenvalue weighted by molar-refractivity contribution is -0.122. The summed E-state index contributed by atoms with van der Waals surface area (Å²) < 4.78 is 5.41. The molecule has 1 heterocycles. The van der Waals surface area contributed by atoms with Gasteiger partial charge in [-0.25, -0.2) is 4.98 Å². The summed E-state index contributed by atoms with van der Waals surface area (Å²) >= 11 is 0. The minimum atomic E-state index is -0.481. The van der Waals surface area contributed by atoms with Crippen LogP contribution in [0.3, 0.4) is 0 Å². The van der Waals surface area contributed by atoms with Gasteiger partial charge in [0.15, 0.2) is 0 Å². The fraction of sp³-hybridized carbons (Fsp3) is 0.375. The van der Waals surface area contributed by atoms with Gasteiger partial charge in [0.05, 0.1) is 18.3 Å². The molecule has 3 N–H and O–H groups in total. The quantitative estimate of drug-likeness (QED) is 0.856. The Morgan fingerprint density at radius 1 is 1.32 bits per heavy atom. The summed E-state index contributed by atoms with van der Waals surface area (Å²) in [6, 6.07) is 9.14. The number of halogens is 1. The molecule has 0 aliphatic heterocycles. The van der Waals surface area contributed by atoms with Gasteiger partial charge in [-0.3, -0.25) is 4.79 Å². The van der Waals surface area contributed by atoms with E-state index in [1.807, 2.05) is 44.2 Å². The number of oxazole rings is 1. The van der Waals surface area contributed by atoms with E-state index < -0.39 is 6.04 Å². The van der Waals surface area contributed by atoms with Crippen LogP contribution in [0.15, 0.2) is 41.0 Å². The zero-order chi connectivity index (χ0) is 15.2. The third-order valence-corrected chi connectivity index (χ3v) is 3.08. The molecule has 0 saturated carbocycles. The summed E-state index contributed by atoms with van der Waals surface area (Å²) in [6.45, 7) is 4.40. The normalized spacial score (nSPS) is 11.8. The molecule has 0 aliphatic carbocycles. The highest BCUT2D eigenvalue weighted by molar-refractivity contribution is 5.85. The predicted molar refractivity (Wildman–Crippen MR) is 88.5 cm³/mol. The van der Waals surface area contributed by atoms with E-state index in [9.17, 15) is 4.79 Å². The van der Waals surface area contributed by atoms with Crippen molar-refractivity contribution in [1.82, 2.24) is 10.3 Å².